The van der Waals surface area contributed by atoms with Gasteiger partial charge < -0.3 is 20.6 Å². The summed E-state index contributed by atoms with van der Waals surface area (Å²) in [5.41, 5.74) is 4.16. The van der Waals surface area contributed by atoms with Gasteiger partial charge in [0.1, 0.15) is 17.2 Å². The van der Waals surface area contributed by atoms with Crippen LogP contribution in [0.1, 0.15) is 5.56 Å². The number of methoxy groups -OCH3 is 1. The molecule has 1 amide bonds. The number of ether oxygens (including phenoxy) is 2. The Morgan fingerprint density at radius 2 is 1.83 bits per heavy atom. The first kappa shape index (κ1) is 23.6. The van der Waals surface area contributed by atoms with E-state index in [1.165, 1.54) is 4.68 Å². The number of hydrogen-bond donors (Lipinski definition) is 3. The highest BCUT2D eigenvalue weighted by atomic mass is 32.2. The number of benzene rings is 3. The van der Waals surface area contributed by atoms with Crippen molar-refractivity contribution in [2.75, 3.05) is 29.4 Å². The van der Waals surface area contributed by atoms with Crippen molar-refractivity contribution in [3.05, 3.63) is 84.4 Å². The topological polar surface area (TPSA) is 129 Å². The molecule has 0 unspecified atom stereocenters. The highest BCUT2D eigenvalue weighted by Gasteiger charge is 2.13. The molecule has 0 atom stereocenters. The largest absolute Gasteiger partial charge is 0.495 e. The van der Waals surface area contributed by atoms with Gasteiger partial charge in [-0.1, -0.05) is 54.2 Å². The number of thioether (sulfide) groups is 1. The normalized spacial score (nSPS) is 10.8. The van der Waals surface area contributed by atoms with Crippen LogP contribution in [0.2, 0.25) is 0 Å². The molecule has 0 radical (unpaired) electrons. The molecule has 0 saturated carbocycles. The highest BCUT2D eigenvalue weighted by molar-refractivity contribution is 7.99. The summed E-state index contributed by atoms with van der Waals surface area (Å²) in [6.45, 7) is 0. The third kappa shape index (κ3) is 6.51. The van der Waals surface area contributed by atoms with Crippen LogP contribution in [-0.2, 0) is 4.79 Å². The molecular weight excluding hydrogens is 466 g/mol. The number of hydrazone groups is 1. The van der Waals surface area contributed by atoms with Crippen molar-refractivity contribution < 1.29 is 14.3 Å². The van der Waals surface area contributed by atoms with E-state index >= 15 is 0 Å². The Morgan fingerprint density at radius 1 is 1.06 bits per heavy atom. The van der Waals surface area contributed by atoms with Crippen molar-refractivity contribution >= 4 is 35.5 Å². The minimum atomic E-state index is -0.229. The lowest BCUT2D eigenvalue weighted by Gasteiger charge is -2.09. The molecule has 4 N–H and O–H groups in total. The second-order valence-electron chi connectivity index (χ2n) is 7.07. The number of rotatable bonds is 10. The van der Waals surface area contributed by atoms with Crippen molar-refractivity contribution in [1.29, 1.82) is 0 Å². The zero-order valence-corrected chi connectivity index (χ0v) is 19.6. The van der Waals surface area contributed by atoms with Crippen molar-refractivity contribution in [3.63, 3.8) is 0 Å². The first-order valence-corrected chi connectivity index (χ1v) is 11.5. The van der Waals surface area contributed by atoms with E-state index in [4.69, 9.17) is 15.3 Å². The van der Waals surface area contributed by atoms with Crippen molar-refractivity contribution in [1.82, 2.24) is 14.9 Å². The van der Waals surface area contributed by atoms with Crippen LogP contribution in [0.4, 0.5) is 11.6 Å². The molecule has 0 fully saturated rings. The van der Waals surface area contributed by atoms with Gasteiger partial charge in [-0.2, -0.15) is 5.10 Å². The molecule has 0 bridgehead atoms. The second kappa shape index (κ2) is 11.6. The minimum Gasteiger partial charge on any atom is -0.495 e. The third-order valence-electron chi connectivity index (χ3n) is 4.59. The van der Waals surface area contributed by atoms with Gasteiger partial charge in [-0.25, -0.2) is 10.1 Å². The fraction of sp³-hybridized carbons (Fsp3) is 0.0833. The fourth-order valence-electron chi connectivity index (χ4n) is 2.96. The van der Waals surface area contributed by atoms with E-state index in [2.05, 4.69) is 26.0 Å². The van der Waals surface area contributed by atoms with Gasteiger partial charge in [-0.3, -0.25) is 4.79 Å². The molecule has 11 heteroatoms. The van der Waals surface area contributed by atoms with Gasteiger partial charge in [0, 0.05) is 0 Å². The van der Waals surface area contributed by atoms with Gasteiger partial charge in [-0.15, -0.1) is 10.2 Å². The number of nitrogens with one attached hydrogen (secondary N) is 2. The summed E-state index contributed by atoms with van der Waals surface area (Å²) in [6.07, 6.45) is 1.61. The second-order valence-corrected chi connectivity index (χ2v) is 8.01. The zero-order valence-electron chi connectivity index (χ0n) is 18.8. The number of nitrogens with zero attached hydrogens (tertiary/aromatic N) is 4. The molecule has 178 valence electrons. The molecule has 0 aliphatic carbocycles. The van der Waals surface area contributed by atoms with Crippen LogP contribution in [0.15, 0.2) is 89.1 Å². The van der Waals surface area contributed by atoms with E-state index in [-0.39, 0.29) is 17.6 Å². The maximum absolute atomic E-state index is 12.3. The van der Waals surface area contributed by atoms with Gasteiger partial charge >= 0.3 is 0 Å². The maximum Gasteiger partial charge on any atom is 0.264 e. The Morgan fingerprint density at radius 3 is 2.66 bits per heavy atom. The summed E-state index contributed by atoms with van der Waals surface area (Å²) >= 11 is 1.14. The van der Waals surface area contributed by atoms with E-state index in [9.17, 15) is 4.79 Å². The molecule has 1 heterocycles. The van der Waals surface area contributed by atoms with Gasteiger partial charge in [-0.05, 0) is 42.0 Å². The lowest BCUT2D eigenvalue weighted by molar-refractivity contribution is -0.113. The predicted octanol–water partition coefficient (Wildman–Crippen LogP) is 3.97. The molecule has 10 nitrogen and oxygen atoms in total. The summed E-state index contributed by atoms with van der Waals surface area (Å²) in [5, 5.41) is 15.3. The van der Waals surface area contributed by atoms with Crippen molar-refractivity contribution in [2.24, 2.45) is 5.10 Å². The van der Waals surface area contributed by atoms with Gasteiger partial charge in [0.05, 0.1) is 24.8 Å². The standard InChI is InChI=1S/C24H23N7O3S/c1-33-21-13-6-5-12-20(21)27-22(32)16-35-24-30-29-23(31(24)25)28-26-15-17-8-7-11-19(14-17)34-18-9-3-2-4-10-18/h2-15H,16,25H2,1H3,(H,27,32)(H,28,29)/b26-15+. The van der Waals surface area contributed by atoms with Crippen LogP contribution in [0.5, 0.6) is 17.2 Å². The SMILES string of the molecule is COc1ccccc1NC(=O)CSc1nnc(N/N=C/c2cccc(Oc3ccccc3)c2)n1N. The van der Waals surface area contributed by atoms with E-state index < -0.39 is 0 Å². The fourth-order valence-corrected chi connectivity index (χ4v) is 3.62. The first-order valence-electron chi connectivity index (χ1n) is 10.5. The van der Waals surface area contributed by atoms with Crippen LogP contribution in [0.25, 0.3) is 0 Å². The molecule has 0 spiro atoms. The average molecular weight is 490 g/mol. The Hall–Kier alpha value is -4.51. The van der Waals surface area contributed by atoms with Crippen molar-refractivity contribution in [2.45, 2.75) is 5.16 Å². The van der Waals surface area contributed by atoms with Crippen LogP contribution < -0.4 is 26.1 Å². The highest BCUT2D eigenvalue weighted by Crippen LogP contribution is 2.24. The first-order chi connectivity index (χ1) is 17.1. The number of amides is 1. The summed E-state index contributed by atoms with van der Waals surface area (Å²) in [6, 6.07) is 24.2. The Kier molecular flexibility index (Phi) is 7.81. The van der Waals surface area contributed by atoms with Gasteiger partial charge in [0.15, 0.2) is 0 Å². The number of aromatic nitrogens is 3. The van der Waals surface area contributed by atoms with Gasteiger partial charge in [0.2, 0.25) is 11.1 Å². The lowest BCUT2D eigenvalue weighted by Crippen LogP contribution is -2.17. The van der Waals surface area contributed by atoms with Crippen LogP contribution >= 0.6 is 11.8 Å². The Bertz CT molecular complexity index is 1310. The predicted molar refractivity (Wildman–Crippen MR) is 137 cm³/mol. The van der Waals surface area contributed by atoms with Crippen molar-refractivity contribution in [3.8, 4) is 17.2 Å². The lowest BCUT2D eigenvalue weighted by atomic mass is 10.2. The van der Waals surface area contributed by atoms with Crippen LogP contribution in [0, 0.1) is 0 Å². The molecule has 4 rings (SSSR count). The molecule has 0 saturated heterocycles. The third-order valence-corrected chi connectivity index (χ3v) is 5.54. The van der Waals surface area contributed by atoms with Gasteiger partial charge in [0.25, 0.3) is 5.95 Å². The number of carbonyl (C=O) groups is 1. The summed E-state index contributed by atoms with van der Waals surface area (Å²) in [7, 11) is 1.54. The smallest absolute Gasteiger partial charge is 0.264 e. The number of anilines is 2. The number of hydrogen-bond acceptors (Lipinski definition) is 9. The van der Waals surface area contributed by atoms with E-state index in [1.807, 2.05) is 66.7 Å². The molecule has 4 aromatic rings. The minimum absolute atomic E-state index is 0.0882. The Balaban J connectivity index is 1.30. The number of para-hydroxylation sites is 3. The maximum atomic E-state index is 12.3. The summed E-state index contributed by atoms with van der Waals surface area (Å²) in [5.74, 6) is 8.14. The Labute approximate surface area is 206 Å². The number of carbonyl (C=O) groups excluding carboxylic acids is 1. The monoisotopic (exact) mass is 489 g/mol. The summed E-state index contributed by atoms with van der Waals surface area (Å²) in [4.78, 5) is 12.3. The van der Waals surface area contributed by atoms with Crippen LogP contribution in [-0.4, -0.2) is 39.9 Å². The van der Waals surface area contributed by atoms with E-state index in [0.717, 1.165) is 23.1 Å². The van der Waals surface area contributed by atoms with E-state index in [0.29, 0.717) is 22.3 Å². The number of nitrogen functional groups attached to an aromatic ring is 1. The number of nitrogens with two attached hydrogens (primary N) is 1. The molecule has 1 aromatic heterocycles. The van der Waals surface area contributed by atoms with E-state index in [1.54, 1.807) is 25.5 Å². The average Bonchev–Trinajstić information content (AvgIpc) is 3.23. The molecular formula is C24H23N7O3S. The molecule has 0 aliphatic rings. The zero-order chi connectivity index (χ0) is 24.5. The molecule has 3 aromatic carbocycles. The molecule has 35 heavy (non-hydrogen) atoms. The quantitative estimate of drug-likeness (QED) is 0.132. The van der Waals surface area contributed by atoms with Crippen LogP contribution in [0.3, 0.4) is 0 Å². The molecule has 0 aliphatic heterocycles. The summed E-state index contributed by atoms with van der Waals surface area (Å²) < 4.78 is 12.3.